The topological polar surface area (TPSA) is 121 Å². The number of aryl methyl sites for hydroxylation is 1. The number of aromatic nitrogens is 1. The zero-order chi connectivity index (χ0) is 25.4. The third-order valence-corrected chi connectivity index (χ3v) is 6.13. The fourth-order valence-electron chi connectivity index (χ4n) is 4.31. The molecule has 0 spiro atoms. The second-order valence-electron chi connectivity index (χ2n) is 8.68. The summed E-state index contributed by atoms with van der Waals surface area (Å²) < 4.78 is 5.39. The molecule has 4 amide bonds. The first-order valence-electron chi connectivity index (χ1n) is 11.2. The van der Waals surface area contributed by atoms with Crippen LogP contribution in [-0.2, 0) is 11.3 Å². The Morgan fingerprint density at radius 3 is 2.69 bits per heavy atom. The molecule has 0 unspecified atom stereocenters. The smallest absolute Gasteiger partial charge is 0.323 e. The lowest BCUT2D eigenvalue weighted by atomic mass is 9.99. The lowest BCUT2D eigenvalue weighted by molar-refractivity contribution is -0.122. The Labute approximate surface area is 207 Å². The molecule has 1 aromatic heterocycles. The maximum Gasteiger partial charge on any atom is 0.323 e. The molecule has 1 fully saturated rings. The van der Waals surface area contributed by atoms with Gasteiger partial charge in [-0.05, 0) is 48.7 Å². The van der Waals surface area contributed by atoms with E-state index >= 15 is 0 Å². The summed E-state index contributed by atoms with van der Waals surface area (Å²) in [7, 11) is 1.47. The molecule has 0 saturated carbocycles. The minimum Gasteiger partial charge on any atom is -0.508 e. The average Bonchev–Trinajstić information content (AvgIpc) is 3.31. The standard InChI is InChI=1S/C27H22N4O5/c1-16-6-7-18-14-31(24(33)20(18)12-16)15-27(25(34)29-26(35)30-27)11-10-22-23(36-2)9-8-21(28-22)17-4-3-5-19(32)13-17/h3-9,12-13,32H,14-15H2,1-2H3,(H2,29,30,34,35)/t27-/m1/s1. The van der Waals surface area contributed by atoms with Crippen LogP contribution in [-0.4, -0.2) is 52.0 Å². The third-order valence-electron chi connectivity index (χ3n) is 6.13. The van der Waals surface area contributed by atoms with Gasteiger partial charge in [0.05, 0.1) is 19.3 Å². The van der Waals surface area contributed by atoms with Crippen molar-refractivity contribution < 1.29 is 24.2 Å². The number of methoxy groups -OCH3 is 1. The van der Waals surface area contributed by atoms with Crippen molar-refractivity contribution in [3.63, 3.8) is 0 Å². The van der Waals surface area contributed by atoms with E-state index in [4.69, 9.17) is 4.74 Å². The Bertz CT molecular complexity index is 1490. The van der Waals surface area contributed by atoms with Crippen LogP contribution < -0.4 is 15.4 Å². The van der Waals surface area contributed by atoms with Gasteiger partial charge in [0.2, 0.25) is 5.54 Å². The van der Waals surface area contributed by atoms with E-state index in [9.17, 15) is 19.5 Å². The zero-order valence-electron chi connectivity index (χ0n) is 19.6. The number of hydrogen-bond donors (Lipinski definition) is 3. The quantitative estimate of drug-likeness (QED) is 0.388. The number of imide groups is 1. The van der Waals surface area contributed by atoms with Crippen LogP contribution in [0.5, 0.6) is 11.5 Å². The normalized spacial score (nSPS) is 18.3. The van der Waals surface area contributed by atoms with Gasteiger partial charge >= 0.3 is 6.03 Å². The first-order chi connectivity index (χ1) is 17.3. The average molecular weight is 482 g/mol. The highest BCUT2D eigenvalue weighted by atomic mass is 16.5. The van der Waals surface area contributed by atoms with Crippen molar-refractivity contribution in [3.8, 4) is 34.6 Å². The first-order valence-corrected chi connectivity index (χ1v) is 11.2. The Balaban J connectivity index is 1.51. The summed E-state index contributed by atoms with van der Waals surface area (Å²) in [4.78, 5) is 44.1. The Kier molecular flexibility index (Phi) is 5.57. The van der Waals surface area contributed by atoms with Crippen LogP contribution >= 0.6 is 0 Å². The molecule has 0 bridgehead atoms. The molecular weight excluding hydrogens is 460 g/mol. The Hall–Kier alpha value is -4.84. The number of nitrogens with one attached hydrogen (secondary N) is 2. The van der Waals surface area contributed by atoms with Gasteiger partial charge in [0, 0.05) is 17.7 Å². The second-order valence-corrected chi connectivity index (χ2v) is 8.68. The maximum absolute atomic E-state index is 13.1. The summed E-state index contributed by atoms with van der Waals surface area (Å²) in [5.74, 6) is 5.32. The van der Waals surface area contributed by atoms with Crippen molar-refractivity contribution in [1.82, 2.24) is 20.5 Å². The second kappa shape index (κ2) is 8.74. The minimum atomic E-state index is -1.67. The van der Waals surface area contributed by atoms with Crippen LogP contribution in [0.4, 0.5) is 4.79 Å². The fraction of sp³-hybridized carbons (Fsp3) is 0.185. The van der Waals surface area contributed by atoms with E-state index in [2.05, 4.69) is 27.5 Å². The van der Waals surface area contributed by atoms with Crippen molar-refractivity contribution in [1.29, 1.82) is 0 Å². The number of carbonyl (C=O) groups is 3. The summed E-state index contributed by atoms with van der Waals surface area (Å²) in [6, 6.07) is 14.9. The van der Waals surface area contributed by atoms with Crippen molar-refractivity contribution in [3.05, 3.63) is 77.0 Å². The first kappa shape index (κ1) is 22.9. The van der Waals surface area contributed by atoms with Crippen molar-refractivity contribution in [2.75, 3.05) is 13.7 Å². The van der Waals surface area contributed by atoms with Crippen LogP contribution in [0.2, 0.25) is 0 Å². The number of pyridine rings is 1. The molecule has 3 N–H and O–H groups in total. The van der Waals surface area contributed by atoms with Gasteiger partial charge in [-0.15, -0.1) is 0 Å². The van der Waals surface area contributed by atoms with Gasteiger partial charge in [0.15, 0.2) is 11.4 Å². The number of nitrogens with zero attached hydrogens (tertiary/aromatic N) is 2. The molecule has 2 aromatic carbocycles. The van der Waals surface area contributed by atoms with E-state index in [0.717, 1.165) is 11.1 Å². The molecule has 1 atom stereocenters. The monoisotopic (exact) mass is 482 g/mol. The Morgan fingerprint density at radius 1 is 1.14 bits per heavy atom. The third kappa shape index (κ3) is 4.09. The van der Waals surface area contributed by atoms with E-state index < -0.39 is 17.5 Å². The lowest BCUT2D eigenvalue weighted by Gasteiger charge is -2.26. The van der Waals surface area contributed by atoms with Gasteiger partial charge in [-0.3, -0.25) is 14.9 Å². The van der Waals surface area contributed by atoms with Crippen molar-refractivity contribution in [2.45, 2.75) is 19.0 Å². The Morgan fingerprint density at radius 2 is 1.97 bits per heavy atom. The molecule has 2 aliphatic heterocycles. The highest BCUT2D eigenvalue weighted by molar-refractivity contribution is 6.10. The molecule has 0 aliphatic carbocycles. The van der Waals surface area contributed by atoms with Crippen LogP contribution in [0.3, 0.4) is 0 Å². The summed E-state index contributed by atoms with van der Waals surface area (Å²) >= 11 is 0. The molecular formula is C27H22N4O5. The van der Waals surface area contributed by atoms with Gasteiger partial charge in [-0.1, -0.05) is 35.7 Å². The molecule has 36 heavy (non-hydrogen) atoms. The summed E-state index contributed by atoms with van der Waals surface area (Å²) in [6.07, 6.45) is 0. The molecule has 9 nitrogen and oxygen atoms in total. The van der Waals surface area contributed by atoms with E-state index in [1.165, 1.54) is 12.0 Å². The summed E-state index contributed by atoms with van der Waals surface area (Å²) in [6.45, 7) is 2.06. The van der Waals surface area contributed by atoms with Gasteiger partial charge in [-0.2, -0.15) is 0 Å². The molecule has 2 aliphatic rings. The van der Waals surface area contributed by atoms with Crippen LogP contribution in [0.25, 0.3) is 11.3 Å². The number of ether oxygens (including phenoxy) is 1. The molecule has 0 radical (unpaired) electrons. The maximum atomic E-state index is 13.1. The molecule has 1 saturated heterocycles. The van der Waals surface area contributed by atoms with Crippen LogP contribution in [0.15, 0.2) is 54.6 Å². The predicted octanol–water partition coefficient (Wildman–Crippen LogP) is 2.36. The highest BCUT2D eigenvalue weighted by Gasteiger charge is 2.48. The summed E-state index contributed by atoms with van der Waals surface area (Å²) in [5, 5.41) is 14.6. The van der Waals surface area contributed by atoms with Gasteiger partial charge < -0.3 is 20.1 Å². The van der Waals surface area contributed by atoms with E-state index in [-0.39, 0.29) is 23.9 Å². The van der Waals surface area contributed by atoms with Gasteiger partial charge in [-0.25, -0.2) is 9.78 Å². The van der Waals surface area contributed by atoms with Crippen LogP contribution in [0, 0.1) is 18.8 Å². The molecule has 5 rings (SSSR count). The summed E-state index contributed by atoms with van der Waals surface area (Å²) in [5.41, 5.74) is 2.14. The lowest BCUT2D eigenvalue weighted by Crippen LogP contribution is -2.54. The number of hydrogen-bond acceptors (Lipinski definition) is 6. The number of rotatable bonds is 4. The number of phenolic OH excluding ortho intramolecular Hbond substituents is 1. The number of phenols is 1. The highest BCUT2D eigenvalue weighted by Crippen LogP contribution is 2.28. The number of amides is 4. The predicted molar refractivity (Wildman–Crippen MR) is 130 cm³/mol. The van der Waals surface area contributed by atoms with Gasteiger partial charge in [0.25, 0.3) is 11.8 Å². The molecule has 9 heteroatoms. The van der Waals surface area contributed by atoms with E-state index in [1.807, 2.05) is 25.1 Å². The minimum absolute atomic E-state index is 0.0912. The zero-order valence-corrected chi connectivity index (χ0v) is 19.6. The number of aromatic hydroxyl groups is 1. The largest absolute Gasteiger partial charge is 0.508 e. The van der Waals surface area contributed by atoms with E-state index in [1.54, 1.807) is 36.4 Å². The molecule has 3 aromatic rings. The number of fused-ring (bicyclic) bond motifs is 1. The number of carbonyl (C=O) groups excluding carboxylic acids is 3. The van der Waals surface area contributed by atoms with E-state index in [0.29, 0.717) is 29.1 Å². The van der Waals surface area contributed by atoms with Crippen molar-refractivity contribution >= 4 is 17.8 Å². The van der Waals surface area contributed by atoms with Crippen molar-refractivity contribution in [2.24, 2.45) is 0 Å². The number of benzene rings is 2. The van der Waals surface area contributed by atoms with Gasteiger partial charge in [0.1, 0.15) is 5.75 Å². The van der Waals surface area contributed by atoms with Crippen LogP contribution in [0.1, 0.15) is 27.2 Å². The fourth-order valence-corrected chi connectivity index (χ4v) is 4.31. The molecule has 3 heterocycles. The SMILES string of the molecule is COc1ccc(-c2cccc(O)c2)nc1C#C[C@]1(CN2Cc3ccc(C)cc3C2=O)NC(=O)NC1=O. The number of urea groups is 1. The molecule has 180 valence electrons.